The Balaban J connectivity index is 1.30. The van der Waals surface area contributed by atoms with E-state index < -0.39 is 29.5 Å². The van der Waals surface area contributed by atoms with E-state index in [1.807, 2.05) is 72.8 Å². The van der Waals surface area contributed by atoms with Crippen molar-refractivity contribution in [2.24, 2.45) is 5.92 Å². The molecule has 3 aromatic carbocycles. The van der Waals surface area contributed by atoms with Crippen molar-refractivity contribution in [1.29, 1.82) is 0 Å². The molecule has 0 spiro atoms. The van der Waals surface area contributed by atoms with Crippen LogP contribution in [0, 0.1) is 5.92 Å². The van der Waals surface area contributed by atoms with Crippen LogP contribution in [0.25, 0.3) is 6.08 Å². The van der Waals surface area contributed by atoms with Gasteiger partial charge in [-0.15, -0.1) is 0 Å². The van der Waals surface area contributed by atoms with Crippen LogP contribution in [0.2, 0.25) is 0 Å². The number of amides is 2. The fraction of sp³-hybridized carbons (Fsp3) is 0.333. The molecule has 0 unspecified atom stereocenters. The lowest BCUT2D eigenvalue weighted by atomic mass is 9.89. The van der Waals surface area contributed by atoms with Crippen molar-refractivity contribution in [2.45, 2.75) is 57.2 Å². The summed E-state index contributed by atoms with van der Waals surface area (Å²) in [6, 6.07) is 22.9. The summed E-state index contributed by atoms with van der Waals surface area (Å²) in [6.45, 7) is 3.66. The number of ether oxygens (including phenoxy) is 2. The molecular formula is C36H38N2O6. The monoisotopic (exact) mass is 594 g/mol. The maximum absolute atomic E-state index is 13.9. The Labute approximate surface area is 257 Å². The molecule has 0 bridgehead atoms. The number of carbonyl (C=O) groups excluding carboxylic acids is 4. The zero-order valence-electron chi connectivity index (χ0n) is 25.3. The fourth-order valence-corrected chi connectivity index (χ4v) is 5.49. The van der Waals surface area contributed by atoms with Crippen molar-refractivity contribution in [3.05, 3.63) is 107 Å². The summed E-state index contributed by atoms with van der Waals surface area (Å²) in [5, 5.41) is 5.78. The van der Waals surface area contributed by atoms with Gasteiger partial charge in [-0.2, -0.15) is 0 Å². The maximum atomic E-state index is 13.9. The molecule has 2 N–H and O–H groups in total. The first-order chi connectivity index (χ1) is 21.1. The Bertz CT molecular complexity index is 1560. The van der Waals surface area contributed by atoms with Gasteiger partial charge in [-0.1, -0.05) is 66.7 Å². The third kappa shape index (κ3) is 7.50. The van der Waals surface area contributed by atoms with Gasteiger partial charge in [0.2, 0.25) is 11.8 Å². The molecule has 3 aromatic rings. The lowest BCUT2D eigenvalue weighted by molar-refractivity contribution is -0.134. The second kappa shape index (κ2) is 13.4. The number of rotatable bonds is 14. The normalized spacial score (nSPS) is 18.7. The number of nitrogens with one attached hydrogen (secondary N) is 2. The molecule has 4 atom stereocenters. The molecule has 2 aliphatic rings. The third-order valence-electron chi connectivity index (χ3n) is 8.36. The number of hydrogen-bond donors (Lipinski definition) is 2. The fourth-order valence-electron chi connectivity index (χ4n) is 5.49. The van der Waals surface area contributed by atoms with E-state index in [-0.39, 0.29) is 30.3 Å². The van der Waals surface area contributed by atoms with E-state index in [4.69, 9.17) is 9.47 Å². The van der Waals surface area contributed by atoms with Crippen molar-refractivity contribution < 1.29 is 28.7 Å². The topological polar surface area (TPSA) is 114 Å². The summed E-state index contributed by atoms with van der Waals surface area (Å²) >= 11 is 0. The highest BCUT2D eigenvalue weighted by molar-refractivity contribution is 6.03. The van der Waals surface area contributed by atoms with Crippen LogP contribution in [0.15, 0.2) is 84.4 Å². The average Bonchev–Trinajstić information content (AvgIpc) is 3.63. The van der Waals surface area contributed by atoms with Gasteiger partial charge in [0.15, 0.2) is 11.6 Å². The van der Waals surface area contributed by atoms with E-state index in [9.17, 15) is 19.2 Å². The highest BCUT2D eigenvalue weighted by Gasteiger charge is 2.50. The number of ketones is 2. The van der Waals surface area contributed by atoms with Crippen LogP contribution < -0.4 is 15.4 Å². The molecule has 8 heteroatoms. The predicted molar refractivity (Wildman–Crippen MR) is 167 cm³/mol. The highest BCUT2D eigenvalue weighted by Crippen LogP contribution is 2.30. The lowest BCUT2D eigenvalue weighted by Gasteiger charge is -2.24. The van der Waals surface area contributed by atoms with Crippen LogP contribution in [-0.2, 0) is 43.2 Å². The number of Topliss-reactive ketones (excluding diaryl/α,β-unsaturated/α-hetero) is 2. The van der Waals surface area contributed by atoms with E-state index in [1.54, 1.807) is 33.1 Å². The largest absolute Gasteiger partial charge is 0.497 e. The van der Waals surface area contributed by atoms with Gasteiger partial charge in [-0.25, -0.2) is 0 Å². The molecular weight excluding hydrogens is 556 g/mol. The van der Waals surface area contributed by atoms with Crippen LogP contribution in [-0.4, -0.2) is 54.8 Å². The second-order valence-corrected chi connectivity index (χ2v) is 11.8. The van der Waals surface area contributed by atoms with Gasteiger partial charge in [0.1, 0.15) is 11.4 Å². The van der Waals surface area contributed by atoms with E-state index in [2.05, 4.69) is 10.6 Å². The molecule has 1 heterocycles. The number of carbonyl (C=O) groups is 4. The SMILES string of the molecule is COc1ccc(C[C@H](CC(=O)[C@@H](C)NC(=O)C2=Cc3ccccc3C2)C(=O)N[C@@H](Cc2ccccc2)C(=O)[C@@]2(C)CO2)cc1. The van der Waals surface area contributed by atoms with Crippen molar-refractivity contribution >= 4 is 29.5 Å². The van der Waals surface area contributed by atoms with E-state index in [1.165, 1.54) is 0 Å². The molecule has 0 aromatic heterocycles. The van der Waals surface area contributed by atoms with E-state index in [0.717, 1.165) is 22.3 Å². The minimum Gasteiger partial charge on any atom is -0.497 e. The van der Waals surface area contributed by atoms with Crippen LogP contribution in [0.3, 0.4) is 0 Å². The van der Waals surface area contributed by atoms with Gasteiger partial charge in [-0.3, -0.25) is 19.2 Å². The molecule has 228 valence electrons. The summed E-state index contributed by atoms with van der Waals surface area (Å²) in [5.74, 6) is -1.27. The van der Waals surface area contributed by atoms with E-state index >= 15 is 0 Å². The highest BCUT2D eigenvalue weighted by atomic mass is 16.6. The zero-order chi connectivity index (χ0) is 31.3. The third-order valence-corrected chi connectivity index (χ3v) is 8.36. The predicted octanol–water partition coefficient (Wildman–Crippen LogP) is 4.04. The Morgan fingerprint density at radius 2 is 1.55 bits per heavy atom. The zero-order valence-corrected chi connectivity index (χ0v) is 25.3. The van der Waals surface area contributed by atoms with Gasteiger partial charge in [0, 0.05) is 24.3 Å². The Morgan fingerprint density at radius 1 is 0.886 bits per heavy atom. The molecule has 1 fully saturated rings. The molecule has 0 saturated carbocycles. The van der Waals surface area contributed by atoms with Crippen LogP contribution >= 0.6 is 0 Å². The van der Waals surface area contributed by atoms with Crippen molar-refractivity contribution in [3.63, 3.8) is 0 Å². The molecule has 5 rings (SSSR count). The summed E-state index contributed by atoms with van der Waals surface area (Å²) in [4.78, 5) is 53.8. The number of hydrogen-bond acceptors (Lipinski definition) is 6. The first kappa shape index (κ1) is 30.9. The van der Waals surface area contributed by atoms with Crippen LogP contribution in [0.1, 0.15) is 42.5 Å². The average molecular weight is 595 g/mol. The molecule has 1 aliphatic heterocycles. The summed E-state index contributed by atoms with van der Waals surface area (Å²) < 4.78 is 10.7. The van der Waals surface area contributed by atoms with Gasteiger partial charge >= 0.3 is 0 Å². The molecule has 2 amide bonds. The Morgan fingerprint density at radius 3 is 2.20 bits per heavy atom. The number of methoxy groups -OCH3 is 1. The van der Waals surface area contributed by atoms with Crippen molar-refractivity contribution in [3.8, 4) is 5.75 Å². The molecule has 44 heavy (non-hydrogen) atoms. The molecule has 8 nitrogen and oxygen atoms in total. The van der Waals surface area contributed by atoms with Crippen LogP contribution in [0.5, 0.6) is 5.75 Å². The number of epoxide rings is 1. The van der Waals surface area contributed by atoms with E-state index in [0.29, 0.717) is 30.8 Å². The van der Waals surface area contributed by atoms with Crippen molar-refractivity contribution in [2.75, 3.05) is 13.7 Å². The first-order valence-electron chi connectivity index (χ1n) is 14.9. The lowest BCUT2D eigenvalue weighted by Crippen LogP contribution is -2.50. The number of fused-ring (bicyclic) bond motifs is 1. The second-order valence-electron chi connectivity index (χ2n) is 11.8. The maximum Gasteiger partial charge on any atom is 0.248 e. The summed E-state index contributed by atoms with van der Waals surface area (Å²) in [7, 11) is 1.58. The molecule has 0 radical (unpaired) electrons. The molecule has 1 aliphatic carbocycles. The van der Waals surface area contributed by atoms with Gasteiger partial charge in [0.25, 0.3) is 0 Å². The number of benzene rings is 3. The van der Waals surface area contributed by atoms with Gasteiger partial charge in [-0.05, 0) is 67.2 Å². The Hall–Kier alpha value is -4.56. The quantitative estimate of drug-likeness (QED) is 0.273. The van der Waals surface area contributed by atoms with Crippen LogP contribution in [0.4, 0.5) is 0 Å². The minimum absolute atomic E-state index is 0.113. The molecule has 1 saturated heterocycles. The summed E-state index contributed by atoms with van der Waals surface area (Å²) in [5.41, 5.74) is 3.47. The first-order valence-corrected chi connectivity index (χ1v) is 14.9. The Kier molecular flexibility index (Phi) is 9.40. The standard InChI is InChI=1S/C36H38N2O6/c1-23(37-34(41)29-19-26-11-7-8-12-27(26)20-29)32(39)21-28(17-25-13-15-30(43-3)16-14-25)35(42)38-31(33(40)36(2)22-44-36)18-24-9-5-4-6-10-24/h4-16,19,23,28,31H,17-18,20-22H2,1-3H3,(H,37,41)(H,38,42)/t23-,28-,31+,36-/m1/s1. The summed E-state index contributed by atoms with van der Waals surface area (Å²) in [6.07, 6.45) is 2.81. The van der Waals surface area contributed by atoms with Gasteiger partial charge < -0.3 is 20.1 Å². The minimum atomic E-state index is -0.929. The van der Waals surface area contributed by atoms with Gasteiger partial charge in [0.05, 0.1) is 25.8 Å². The van der Waals surface area contributed by atoms with Crippen molar-refractivity contribution in [1.82, 2.24) is 10.6 Å². The smallest absolute Gasteiger partial charge is 0.248 e.